The van der Waals surface area contributed by atoms with Gasteiger partial charge in [0.05, 0.1) is 16.2 Å². The van der Waals surface area contributed by atoms with Gasteiger partial charge in [-0.25, -0.2) is 4.79 Å². The molecular weight excluding hydrogens is 447 g/mol. The number of benzene rings is 2. The maximum absolute atomic E-state index is 13.1. The number of aromatic nitrogens is 2. The van der Waals surface area contributed by atoms with Crippen LogP contribution in [0.5, 0.6) is 0 Å². The lowest BCUT2D eigenvalue weighted by molar-refractivity contribution is 0.262. The Morgan fingerprint density at radius 3 is 2.50 bits per heavy atom. The first-order valence-electron chi connectivity index (χ1n) is 9.83. The van der Waals surface area contributed by atoms with Crippen molar-refractivity contribution in [1.82, 2.24) is 9.55 Å². The van der Waals surface area contributed by atoms with Gasteiger partial charge in [0.1, 0.15) is 0 Å². The summed E-state index contributed by atoms with van der Waals surface area (Å²) in [6.45, 7) is 3.81. The van der Waals surface area contributed by atoms with Crippen LogP contribution in [0, 0.1) is 13.8 Å². The van der Waals surface area contributed by atoms with E-state index in [0.29, 0.717) is 27.0 Å². The van der Waals surface area contributed by atoms with Gasteiger partial charge in [-0.05, 0) is 67.4 Å². The van der Waals surface area contributed by atoms with Crippen molar-refractivity contribution in [3.8, 4) is 11.1 Å². The van der Waals surface area contributed by atoms with Crippen molar-refractivity contribution in [2.75, 3.05) is 10.6 Å². The number of urea groups is 1. The van der Waals surface area contributed by atoms with E-state index in [1.807, 2.05) is 32.0 Å². The Kier molecular flexibility index (Phi) is 5.91. The molecule has 2 amide bonds. The van der Waals surface area contributed by atoms with E-state index in [2.05, 4.69) is 15.6 Å². The Hall–Kier alpha value is -3.35. The molecule has 0 aliphatic heterocycles. The van der Waals surface area contributed by atoms with Gasteiger partial charge in [-0.1, -0.05) is 29.3 Å². The van der Waals surface area contributed by atoms with Gasteiger partial charge < -0.3 is 15.2 Å². The number of nitrogens with one attached hydrogen (secondary N) is 2. The normalized spacial score (nSPS) is 10.9. The maximum atomic E-state index is 13.1. The van der Waals surface area contributed by atoms with Crippen LogP contribution in [0.1, 0.15) is 11.3 Å². The maximum Gasteiger partial charge on any atom is 0.323 e. The predicted octanol–water partition coefficient (Wildman–Crippen LogP) is 6.17. The summed E-state index contributed by atoms with van der Waals surface area (Å²) >= 11 is 12.0. The largest absolute Gasteiger partial charge is 0.323 e. The van der Waals surface area contributed by atoms with Crippen LogP contribution in [-0.2, 0) is 7.05 Å². The van der Waals surface area contributed by atoms with E-state index < -0.39 is 6.03 Å². The Morgan fingerprint density at radius 1 is 0.969 bits per heavy atom. The van der Waals surface area contributed by atoms with Crippen molar-refractivity contribution >= 4 is 51.5 Å². The van der Waals surface area contributed by atoms with Crippen LogP contribution < -0.4 is 16.2 Å². The summed E-state index contributed by atoms with van der Waals surface area (Å²) < 4.78 is 1.62. The summed E-state index contributed by atoms with van der Waals surface area (Å²) in [7, 11) is 1.74. The Labute approximate surface area is 194 Å². The van der Waals surface area contributed by atoms with Crippen LogP contribution in [0.4, 0.5) is 16.2 Å². The van der Waals surface area contributed by atoms with E-state index in [1.54, 1.807) is 48.1 Å². The predicted molar refractivity (Wildman–Crippen MR) is 131 cm³/mol. The average molecular weight is 467 g/mol. The second kappa shape index (κ2) is 8.65. The topological polar surface area (TPSA) is 76.0 Å². The van der Waals surface area contributed by atoms with Gasteiger partial charge in [-0.15, -0.1) is 0 Å². The van der Waals surface area contributed by atoms with Crippen molar-refractivity contribution in [3.63, 3.8) is 0 Å². The summed E-state index contributed by atoms with van der Waals surface area (Å²) in [5, 5.41) is 7.15. The summed E-state index contributed by atoms with van der Waals surface area (Å²) in [5.74, 6) is 0. The lowest BCUT2D eigenvalue weighted by Crippen LogP contribution is -2.21. The molecule has 2 aromatic heterocycles. The van der Waals surface area contributed by atoms with Crippen molar-refractivity contribution in [2.24, 2.45) is 7.05 Å². The fourth-order valence-corrected chi connectivity index (χ4v) is 3.98. The zero-order valence-corrected chi connectivity index (χ0v) is 19.2. The van der Waals surface area contributed by atoms with E-state index in [9.17, 15) is 9.59 Å². The zero-order valence-electron chi connectivity index (χ0n) is 17.7. The van der Waals surface area contributed by atoms with Crippen molar-refractivity contribution < 1.29 is 4.79 Å². The molecule has 0 radical (unpaired) electrons. The number of carbonyl (C=O) groups is 1. The first kappa shape index (κ1) is 21.9. The van der Waals surface area contributed by atoms with Crippen LogP contribution in [0.2, 0.25) is 10.0 Å². The highest BCUT2D eigenvalue weighted by Gasteiger charge is 2.14. The zero-order chi connectivity index (χ0) is 23.0. The van der Waals surface area contributed by atoms with E-state index >= 15 is 0 Å². The Balaban J connectivity index is 1.67. The molecule has 0 bridgehead atoms. The molecule has 0 fully saturated rings. The molecule has 32 heavy (non-hydrogen) atoms. The van der Waals surface area contributed by atoms with E-state index in [0.717, 1.165) is 27.7 Å². The van der Waals surface area contributed by atoms with Crippen LogP contribution in [-0.4, -0.2) is 15.6 Å². The minimum atomic E-state index is -0.463. The molecule has 0 saturated heterocycles. The second-order valence-electron chi connectivity index (χ2n) is 7.54. The van der Waals surface area contributed by atoms with Crippen molar-refractivity contribution in [3.05, 3.63) is 86.4 Å². The molecule has 0 unspecified atom stereocenters. The number of halogens is 2. The molecule has 162 valence electrons. The highest BCUT2D eigenvalue weighted by Crippen LogP contribution is 2.28. The number of fused-ring (bicyclic) bond motifs is 1. The standard InChI is InChI=1S/C24H20Cl2N4O2/c1-13-4-6-17(28-24(32)29-21-7-5-16(25)10-20(21)26)11-18(13)19-9-15-12-27-14(2)8-22(15)30(3)23(19)31/h4-12H,1-3H3,(H2,28,29,32). The highest BCUT2D eigenvalue weighted by atomic mass is 35.5. The summed E-state index contributed by atoms with van der Waals surface area (Å²) in [5.41, 5.74) is 4.69. The van der Waals surface area contributed by atoms with Crippen LogP contribution in [0.15, 0.2) is 59.5 Å². The van der Waals surface area contributed by atoms with Crippen LogP contribution in [0.25, 0.3) is 22.0 Å². The third-order valence-electron chi connectivity index (χ3n) is 5.21. The van der Waals surface area contributed by atoms with Crippen LogP contribution in [0.3, 0.4) is 0 Å². The number of amides is 2. The van der Waals surface area contributed by atoms with Gasteiger partial charge in [0.25, 0.3) is 5.56 Å². The van der Waals surface area contributed by atoms with E-state index in [-0.39, 0.29) is 5.56 Å². The van der Waals surface area contributed by atoms with E-state index in [1.165, 1.54) is 0 Å². The molecule has 2 aromatic carbocycles. The van der Waals surface area contributed by atoms with Gasteiger partial charge in [0.15, 0.2) is 0 Å². The summed E-state index contributed by atoms with van der Waals surface area (Å²) in [4.78, 5) is 29.9. The highest BCUT2D eigenvalue weighted by molar-refractivity contribution is 6.36. The number of pyridine rings is 2. The fourth-order valence-electron chi connectivity index (χ4n) is 3.52. The fraction of sp³-hybridized carbons (Fsp3) is 0.125. The molecule has 0 atom stereocenters. The second-order valence-corrected chi connectivity index (χ2v) is 8.38. The number of carbonyl (C=O) groups excluding carboxylic acids is 1. The van der Waals surface area contributed by atoms with Gasteiger partial charge >= 0.3 is 6.03 Å². The van der Waals surface area contributed by atoms with Crippen molar-refractivity contribution in [2.45, 2.75) is 13.8 Å². The molecule has 8 heteroatoms. The Morgan fingerprint density at radius 2 is 1.75 bits per heavy atom. The molecule has 4 aromatic rings. The smallest absolute Gasteiger partial charge is 0.311 e. The SMILES string of the molecule is Cc1cc2c(cn1)cc(-c1cc(NC(=O)Nc3ccc(Cl)cc3Cl)ccc1C)c(=O)n2C. The minimum absolute atomic E-state index is 0.124. The number of hydrogen-bond donors (Lipinski definition) is 2. The Bertz CT molecular complexity index is 1430. The van der Waals surface area contributed by atoms with Gasteiger partial charge in [0, 0.05) is 40.6 Å². The quantitative estimate of drug-likeness (QED) is 0.379. The number of nitrogens with zero attached hydrogens (tertiary/aromatic N) is 2. The third-order valence-corrected chi connectivity index (χ3v) is 5.76. The van der Waals surface area contributed by atoms with Gasteiger partial charge in [-0.3, -0.25) is 9.78 Å². The molecule has 0 spiro atoms. The summed E-state index contributed by atoms with van der Waals surface area (Å²) in [6.07, 6.45) is 1.76. The number of hydrogen-bond acceptors (Lipinski definition) is 3. The molecule has 0 aliphatic carbocycles. The molecule has 2 heterocycles. The molecule has 2 N–H and O–H groups in total. The molecule has 6 nitrogen and oxygen atoms in total. The number of anilines is 2. The van der Waals surface area contributed by atoms with Gasteiger partial charge in [0.2, 0.25) is 0 Å². The molecule has 4 rings (SSSR count). The average Bonchev–Trinajstić information content (AvgIpc) is 2.74. The molecular formula is C24H20Cl2N4O2. The lowest BCUT2D eigenvalue weighted by Gasteiger charge is -2.14. The summed E-state index contributed by atoms with van der Waals surface area (Å²) in [6, 6.07) is 13.5. The van der Waals surface area contributed by atoms with Crippen molar-refractivity contribution in [1.29, 1.82) is 0 Å². The van der Waals surface area contributed by atoms with Gasteiger partial charge in [-0.2, -0.15) is 0 Å². The molecule has 0 aliphatic rings. The molecule has 0 saturated carbocycles. The minimum Gasteiger partial charge on any atom is -0.311 e. The lowest BCUT2D eigenvalue weighted by atomic mass is 9.99. The first-order valence-corrected chi connectivity index (χ1v) is 10.6. The van der Waals surface area contributed by atoms with Crippen LogP contribution >= 0.6 is 23.2 Å². The first-order chi connectivity index (χ1) is 15.2. The number of rotatable bonds is 3. The monoisotopic (exact) mass is 466 g/mol. The van der Waals surface area contributed by atoms with E-state index in [4.69, 9.17) is 23.2 Å². The third kappa shape index (κ3) is 4.33. The number of aryl methyl sites for hydroxylation is 3.